The van der Waals surface area contributed by atoms with Gasteiger partial charge in [-0.3, -0.25) is 4.79 Å². The summed E-state index contributed by atoms with van der Waals surface area (Å²) >= 11 is 11.8. The lowest BCUT2D eigenvalue weighted by Crippen LogP contribution is -2.12. The average molecular weight is 336 g/mol. The van der Waals surface area contributed by atoms with E-state index in [1.807, 2.05) is 0 Å². The minimum Gasteiger partial charge on any atom is -0.478 e. The first-order valence-corrected chi connectivity index (χ1v) is 6.99. The predicted octanol–water partition coefficient (Wildman–Crippen LogP) is 4.34. The van der Waals surface area contributed by atoms with Gasteiger partial charge in [0.05, 0.1) is 11.3 Å². The SMILES string of the molecule is O=C(/C=C/c1ccccc1Cl)Nc1cc(Cl)ccc1C(=O)O. The van der Waals surface area contributed by atoms with Crippen molar-refractivity contribution in [3.63, 3.8) is 0 Å². The lowest BCUT2D eigenvalue weighted by molar-refractivity contribution is -0.111. The van der Waals surface area contributed by atoms with Gasteiger partial charge in [0.1, 0.15) is 0 Å². The largest absolute Gasteiger partial charge is 0.478 e. The zero-order chi connectivity index (χ0) is 16.1. The summed E-state index contributed by atoms with van der Waals surface area (Å²) in [5.74, 6) is -1.63. The van der Waals surface area contributed by atoms with Crippen LogP contribution in [-0.4, -0.2) is 17.0 Å². The van der Waals surface area contributed by atoms with Crippen molar-refractivity contribution in [3.8, 4) is 0 Å². The maximum Gasteiger partial charge on any atom is 0.337 e. The molecule has 0 heterocycles. The molecule has 0 bridgehead atoms. The lowest BCUT2D eigenvalue weighted by atomic mass is 10.1. The summed E-state index contributed by atoms with van der Waals surface area (Å²) in [6, 6.07) is 11.2. The molecule has 0 saturated carbocycles. The van der Waals surface area contributed by atoms with Crippen molar-refractivity contribution in [3.05, 3.63) is 69.7 Å². The van der Waals surface area contributed by atoms with Gasteiger partial charge in [0.15, 0.2) is 0 Å². The van der Waals surface area contributed by atoms with E-state index in [-0.39, 0.29) is 11.3 Å². The standard InChI is InChI=1S/C16H11Cl2NO3/c17-11-6-7-12(16(21)22)14(9-11)19-15(20)8-5-10-3-1-2-4-13(10)18/h1-9H,(H,19,20)(H,21,22)/b8-5+. The number of carboxylic acids is 1. The molecule has 0 atom stereocenters. The molecule has 0 aliphatic carbocycles. The average Bonchev–Trinajstić information content (AvgIpc) is 2.46. The van der Waals surface area contributed by atoms with Gasteiger partial charge < -0.3 is 10.4 Å². The Morgan fingerprint density at radius 3 is 2.50 bits per heavy atom. The van der Waals surface area contributed by atoms with Crippen molar-refractivity contribution in [1.29, 1.82) is 0 Å². The highest BCUT2D eigenvalue weighted by molar-refractivity contribution is 6.32. The van der Waals surface area contributed by atoms with Crippen LogP contribution < -0.4 is 5.32 Å². The molecule has 22 heavy (non-hydrogen) atoms. The highest BCUT2D eigenvalue weighted by Gasteiger charge is 2.11. The Labute approximate surface area is 137 Å². The summed E-state index contributed by atoms with van der Waals surface area (Å²) < 4.78 is 0. The van der Waals surface area contributed by atoms with E-state index in [1.54, 1.807) is 30.3 Å². The molecule has 0 saturated heterocycles. The van der Waals surface area contributed by atoms with E-state index in [2.05, 4.69) is 5.32 Å². The number of aromatic carboxylic acids is 1. The lowest BCUT2D eigenvalue weighted by Gasteiger charge is -2.07. The fourth-order valence-electron chi connectivity index (χ4n) is 1.76. The molecule has 0 aliphatic rings. The quantitative estimate of drug-likeness (QED) is 0.816. The third-order valence-corrected chi connectivity index (χ3v) is 3.37. The molecule has 6 heteroatoms. The highest BCUT2D eigenvalue weighted by atomic mass is 35.5. The van der Waals surface area contributed by atoms with Crippen molar-refractivity contribution >= 4 is 46.8 Å². The number of hydrogen-bond donors (Lipinski definition) is 2. The first-order chi connectivity index (χ1) is 10.5. The Kier molecular flexibility index (Phi) is 5.20. The van der Waals surface area contributed by atoms with E-state index >= 15 is 0 Å². The third-order valence-electron chi connectivity index (χ3n) is 2.79. The van der Waals surface area contributed by atoms with Crippen LogP contribution in [0.1, 0.15) is 15.9 Å². The topological polar surface area (TPSA) is 66.4 Å². The van der Waals surface area contributed by atoms with Crippen molar-refractivity contribution in [2.75, 3.05) is 5.32 Å². The van der Waals surface area contributed by atoms with Crippen LogP contribution in [-0.2, 0) is 4.79 Å². The van der Waals surface area contributed by atoms with Gasteiger partial charge in [-0.05, 0) is 35.9 Å². The summed E-state index contributed by atoms with van der Waals surface area (Å²) in [4.78, 5) is 23.0. The van der Waals surface area contributed by atoms with Gasteiger partial charge in [-0.1, -0.05) is 41.4 Å². The van der Waals surface area contributed by atoms with Crippen molar-refractivity contribution in [2.45, 2.75) is 0 Å². The summed E-state index contributed by atoms with van der Waals surface area (Å²) in [6.07, 6.45) is 2.82. The fraction of sp³-hybridized carbons (Fsp3) is 0. The van der Waals surface area contributed by atoms with E-state index in [1.165, 1.54) is 24.3 Å². The van der Waals surface area contributed by atoms with E-state index < -0.39 is 11.9 Å². The number of hydrogen-bond acceptors (Lipinski definition) is 2. The fourth-order valence-corrected chi connectivity index (χ4v) is 2.13. The van der Waals surface area contributed by atoms with Crippen LogP contribution in [0.2, 0.25) is 10.0 Å². The first kappa shape index (κ1) is 16.1. The van der Waals surface area contributed by atoms with Crippen molar-refractivity contribution in [1.82, 2.24) is 0 Å². The normalized spacial score (nSPS) is 10.6. The molecule has 2 aromatic carbocycles. The van der Waals surface area contributed by atoms with Gasteiger partial charge in [-0.25, -0.2) is 4.79 Å². The maximum absolute atomic E-state index is 11.9. The number of rotatable bonds is 4. The second-order valence-electron chi connectivity index (χ2n) is 4.34. The summed E-state index contributed by atoms with van der Waals surface area (Å²) in [5.41, 5.74) is 0.779. The Morgan fingerprint density at radius 1 is 1.09 bits per heavy atom. The highest BCUT2D eigenvalue weighted by Crippen LogP contribution is 2.21. The van der Waals surface area contributed by atoms with Crippen LogP contribution in [0, 0.1) is 0 Å². The molecule has 2 rings (SSSR count). The van der Waals surface area contributed by atoms with Gasteiger partial charge in [-0.2, -0.15) is 0 Å². The molecular weight excluding hydrogens is 325 g/mol. The van der Waals surface area contributed by atoms with E-state index in [0.29, 0.717) is 15.6 Å². The zero-order valence-corrected chi connectivity index (χ0v) is 12.7. The Morgan fingerprint density at radius 2 is 1.82 bits per heavy atom. The molecule has 2 N–H and O–H groups in total. The number of benzene rings is 2. The van der Waals surface area contributed by atoms with Crippen LogP contribution >= 0.6 is 23.2 Å². The molecule has 1 amide bonds. The van der Waals surface area contributed by atoms with Crippen molar-refractivity contribution < 1.29 is 14.7 Å². The maximum atomic E-state index is 11.9. The van der Waals surface area contributed by atoms with E-state index in [9.17, 15) is 9.59 Å². The molecule has 0 aliphatic heterocycles. The number of carboxylic acid groups (broad SMARTS) is 1. The smallest absolute Gasteiger partial charge is 0.337 e. The van der Waals surface area contributed by atoms with Gasteiger partial charge in [-0.15, -0.1) is 0 Å². The van der Waals surface area contributed by atoms with Gasteiger partial charge in [0.25, 0.3) is 0 Å². The minimum atomic E-state index is -1.15. The zero-order valence-electron chi connectivity index (χ0n) is 11.2. The number of halogens is 2. The first-order valence-electron chi connectivity index (χ1n) is 6.24. The van der Waals surface area contributed by atoms with Crippen LogP contribution in [0.25, 0.3) is 6.08 Å². The van der Waals surface area contributed by atoms with E-state index in [4.69, 9.17) is 28.3 Å². The second kappa shape index (κ2) is 7.11. The van der Waals surface area contributed by atoms with Gasteiger partial charge >= 0.3 is 5.97 Å². The molecular formula is C16H11Cl2NO3. The molecule has 0 unspecified atom stereocenters. The number of amides is 1. The summed E-state index contributed by atoms with van der Waals surface area (Å²) in [5, 5.41) is 12.4. The predicted molar refractivity (Wildman–Crippen MR) is 87.5 cm³/mol. The van der Waals surface area contributed by atoms with Crippen LogP contribution in [0.5, 0.6) is 0 Å². The van der Waals surface area contributed by atoms with Crippen molar-refractivity contribution in [2.24, 2.45) is 0 Å². The van der Waals surface area contributed by atoms with Gasteiger partial charge in [0.2, 0.25) is 5.91 Å². The number of carbonyl (C=O) groups excluding carboxylic acids is 1. The Hall–Kier alpha value is -2.30. The van der Waals surface area contributed by atoms with E-state index in [0.717, 1.165) is 0 Å². The Balaban J connectivity index is 2.18. The number of anilines is 1. The molecule has 2 aromatic rings. The molecule has 0 aromatic heterocycles. The summed E-state index contributed by atoms with van der Waals surface area (Å²) in [7, 11) is 0. The molecule has 0 fully saturated rings. The number of nitrogens with one attached hydrogen (secondary N) is 1. The van der Waals surface area contributed by atoms with Crippen LogP contribution in [0.3, 0.4) is 0 Å². The molecule has 0 radical (unpaired) electrons. The summed E-state index contributed by atoms with van der Waals surface area (Å²) in [6.45, 7) is 0. The molecule has 112 valence electrons. The van der Waals surface area contributed by atoms with Crippen LogP contribution in [0.4, 0.5) is 5.69 Å². The third kappa shape index (κ3) is 4.10. The number of carbonyl (C=O) groups is 2. The monoisotopic (exact) mass is 335 g/mol. The minimum absolute atomic E-state index is 0.0381. The van der Waals surface area contributed by atoms with Crippen LogP contribution in [0.15, 0.2) is 48.5 Å². The van der Waals surface area contributed by atoms with Gasteiger partial charge in [0, 0.05) is 16.1 Å². The second-order valence-corrected chi connectivity index (χ2v) is 5.18. The Bertz CT molecular complexity index is 757. The molecule has 0 spiro atoms. The molecule has 4 nitrogen and oxygen atoms in total.